The standard InChI is InChI=1S/C12H12BrF3O2/c1-11(13,10(17)18-2)7-8-4-3-5-9(6-8)12(14,15)16/h3-6H,7H2,1-2H3/t11-/m1/s1. The Labute approximate surface area is 111 Å². The van der Waals surface area contributed by atoms with Gasteiger partial charge in [0.05, 0.1) is 12.7 Å². The third kappa shape index (κ3) is 3.73. The fraction of sp³-hybridized carbons (Fsp3) is 0.417. The van der Waals surface area contributed by atoms with Crippen LogP contribution in [0.3, 0.4) is 0 Å². The maximum Gasteiger partial charge on any atom is 0.416 e. The van der Waals surface area contributed by atoms with Crippen molar-refractivity contribution in [3.8, 4) is 0 Å². The highest BCUT2D eigenvalue weighted by molar-refractivity contribution is 9.10. The third-order valence-corrected chi connectivity index (χ3v) is 3.01. The number of carbonyl (C=O) groups excluding carboxylic acids is 1. The van der Waals surface area contributed by atoms with Crippen LogP contribution in [0.25, 0.3) is 0 Å². The van der Waals surface area contributed by atoms with Crippen molar-refractivity contribution in [3.05, 3.63) is 35.4 Å². The van der Waals surface area contributed by atoms with E-state index < -0.39 is 22.0 Å². The van der Waals surface area contributed by atoms with E-state index in [1.165, 1.54) is 19.2 Å². The Morgan fingerprint density at radius 3 is 2.50 bits per heavy atom. The van der Waals surface area contributed by atoms with Gasteiger partial charge in [-0.2, -0.15) is 13.2 Å². The lowest BCUT2D eigenvalue weighted by Gasteiger charge is -2.20. The van der Waals surface area contributed by atoms with E-state index in [1.54, 1.807) is 6.92 Å². The molecule has 0 aliphatic rings. The van der Waals surface area contributed by atoms with Crippen LogP contribution in [-0.2, 0) is 22.1 Å². The Bertz CT molecular complexity index is 441. The van der Waals surface area contributed by atoms with Crippen molar-refractivity contribution in [3.63, 3.8) is 0 Å². The van der Waals surface area contributed by atoms with Crippen LogP contribution in [0.15, 0.2) is 24.3 Å². The summed E-state index contributed by atoms with van der Waals surface area (Å²) in [7, 11) is 1.23. The number of rotatable bonds is 3. The highest BCUT2D eigenvalue weighted by Crippen LogP contribution is 2.31. The maximum absolute atomic E-state index is 12.5. The van der Waals surface area contributed by atoms with Crippen LogP contribution in [0.4, 0.5) is 13.2 Å². The number of carbonyl (C=O) groups is 1. The van der Waals surface area contributed by atoms with Gasteiger partial charge in [0.25, 0.3) is 0 Å². The predicted molar refractivity (Wildman–Crippen MR) is 64.5 cm³/mol. The minimum atomic E-state index is -4.38. The Hall–Kier alpha value is -1.04. The van der Waals surface area contributed by atoms with E-state index in [0.29, 0.717) is 5.56 Å². The molecule has 0 aromatic heterocycles. The van der Waals surface area contributed by atoms with Gasteiger partial charge in [-0.15, -0.1) is 0 Å². The molecule has 0 saturated carbocycles. The molecule has 0 unspecified atom stereocenters. The van der Waals surface area contributed by atoms with E-state index in [-0.39, 0.29) is 6.42 Å². The first kappa shape index (κ1) is 15.0. The molecule has 100 valence electrons. The molecule has 0 radical (unpaired) electrons. The lowest BCUT2D eigenvalue weighted by molar-refractivity contribution is -0.142. The molecular formula is C12H12BrF3O2. The molecule has 0 aliphatic heterocycles. The van der Waals surface area contributed by atoms with Gasteiger partial charge in [-0.05, 0) is 25.0 Å². The van der Waals surface area contributed by atoms with Gasteiger partial charge in [0.15, 0.2) is 0 Å². The zero-order valence-electron chi connectivity index (χ0n) is 9.84. The zero-order chi connectivity index (χ0) is 14.0. The van der Waals surface area contributed by atoms with Crippen molar-refractivity contribution in [1.82, 2.24) is 0 Å². The molecule has 1 aromatic rings. The van der Waals surface area contributed by atoms with Crippen molar-refractivity contribution in [2.75, 3.05) is 7.11 Å². The molecule has 2 nitrogen and oxygen atoms in total. The Morgan fingerprint density at radius 1 is 1.39 bits per heavy atom. The van der Waals surface area contributed by atoms with Gasteiger partial charge in [0.2, 0.25) is 0 Å². The number of methoxy groups -OCH3 is 1. The lowest BCUT2D eigenvalue weighted by Crippen LogP contribution is -2.32. The quantitative estimate of drug-likeness (QED) is 0.627. The van der Waals surface area contributed by atoms with E-state index in [0.717, 1.165) is 12.1 Å². The van der Waals surface area contributed by atoms with E-state index in [4.69, 9.17) is 0 Å². The van der Waals surface area contributed by atoms with E-state index >= 15 is 0 Å². The number of esters is 1. The normalized spacial score (nSPS) is 15.0. The Morgan fingerprint density at radius 2 is 2.00 bits per heavy atom. The topological polar surface area (TPSA) is 26.3 Å². The molecule has 0 fully saturated rings. The van der Waals surface area contributed by atoms with Gasteiger partial charge in [-0.1, -0.05) is 34.1 Å². The molecule has 1 rings (SSSR count). The summed E-state index contributed by atoms with van der Waals surface area (Å²) in [6.07, 6.45) is -4.27. The average Bonchev–Trinajstić information content (AvgIpc) is 2.26. The van der Waals surface area contributed by atoms with Crippen LogP contribution in [0.5, 0.6) is 0 Å². The van der Waals surface area contributed by atoms with E-state index in [2.05, 4.69) is 20.7 Å². The predicted octanol–water partition coefficient (Wildman–Crippen LogP) is 3.57. The van der Waals surface area contributed by atoms with Crippen LogP contribution in [0.2, 0.25) is 0 Å². The summed E-state index contributed by atoms with van der Waals surface area (Å²) in [5, 5.41) is 0. The van der Waals surface area contributed by atoms with Crippen LogP contribution < -0.4 is 0 Å². The molecule has 0 saturated heterocycles. The summed E-state index contributed by atoms with van der Waals surface area (Å²) in [4.78, 5) is 11.4. The van der Waals surface area contributed by atoms with Crippen molar-refractivity contribution in [1.29, 1.82) is 0 Å². The fourth-order valence-corrected chi connectivity index (χ4v) is 2.01. The van der Waals surface area contributed by atoms with Crippen LogP contribution in [0, 0.1) is 0 Å². The number of hydrogen-bond donors (Lipinski definition) is 0. The number of ether oxygens (including phenoxy) is 1. The fourth-order valence-electron chi connectivity index (χ4n) is 1.53. The van der Waals surface area contributed by atoms with Gasteiger partial charge in [-0.3, -0.25) is 4.79 Å². The molecule has 1 atom stereocenters. The lowest BCUT2D eigenvalue weighted by atomic mass is 9.99. The summed E-state index contributed by atoms with van der Waals surface area (Å²) >= 11 is 3.16. The summed E-state index contributed by atoms with van der Waals surface area (Å²) in [6.45, 7) is 1.55. The maximum atomic E-state index is 12.5. The van der Waals surface area contributed by atoms with Crippen molar-refractivity contribution < 1.29 is 22.7 Å². The smallest absolute Gasteiger partial charge is 0.416 e. The number of benzene rings is 1. The van der Waals surface area contributed by atoms with Crippen LogP contribution in [0.1, 0.15) is 18.1 Å². The largest absolute Gasteiger partial charge is 0.468 e. The minimum absolute atomic E-state index is 0.115. The second-order valence-corrected chi connectivity index (χ2v) is 5.81. The molecule has 0 aliphatic carbocycles. The molecule has 0 heterocycles. The zero-order valence-corrected chi connectivity index (χ0v) is 11.4. The van der Waals surface area contributed by atoms with Crippen LogP contribution >= 0.6 is 15.9 Å². The SMILES string of the molecule is COC(=O)[C@](C)(Br)Cc1cccc(C(F)(F)F)c1. The Balaban J connectivity index is 2.96. The highest BCUT2D eigenvalue weighted by Gasteiger charge is 2.33. The molecule has 0 spiro atoms. The van der Waals surface area contributed by atoms with Gasteiger partial charge in [0.1, 0.15) is 4.32 Å². The molecule has 0 N–H and O–H groups in total. The van der Waals surface area contributed by atoms with Gasteiger partial charge < -0.3 is 4.74 Å². The van der Waals surface area contributed by atoms with Gasteiger partial charge in [-0.25, -0.2) is 0 Å². The number of hydrogen-bond acceptors (Lipinski definition) is 2. The van der Waals surface area contributed by atoms with Crippen molar-refractivity contribution in [2.24, 2.45) is 0 Å². The molecule has 0 bridgehead atoms. The number of halogens is 4. The average molecular weight is 325 g/mol. The highest BCUT2D eigenvalue weighted by atomic mass is 79.9. The first-order chi connectivity index (χ1) is 8.16. The summed E-state index contributed by atoms with van der Waals surface area (Å²) in [6, 6.07) is 4.88. The molecule has 6 heteroatoms. The van der Waals surface area contributed by atoms with Gasteiger partial charge in [0, 0.05) is 0 Å². The summed E-state index contributed by atoms with van der Waals surface area (Å²) in [5.74, 6) is -0.528. The molecular weight excluding hydrogens is 313 g/mol. The second kappa shape index (κ2) is 5.30. The third-order valence-electron chi connectivity index (χ3n) is 2.40. The van der Waals surface area contributed by atoms with Gasteiger partial charge >= 0.3 is 12.1 Å². The first-order valence-corrected chi connectivity index (χ1v) is 5.89. The second-order valence-electron chi connectivity index (χ2n) is 4.06. The van der Waals surface area contributed by atoms with Crippen molar-refractivity contribution >= 4 is 21.9 Å². The van der Waals surface area contributed by atoms with Crippen molar-refractivity contribution in [2.45, 2.75) is 23.8 Å². The number of alkyl halides is 4. The first-order valence-electron chi connectivity index (χ1n) is 5.10. The summed E-state index contributed by atoms with van der Waals surface area (Å²) in [5.41, 5.74) is -0.317. The van der Waals surface area contributed by atoms with E-state index in [1.807, 2.05) is 0 Å². The van der Waals surface area contributed by atoms with Crippen LogP contribution in [-0.4, -0.2) is 17.4 Å². The Kier molecular flexibility index (Phi) is 4.42. The minimum Gasteiger partial charge on any atom is -0.468 e. The molecule has 18 heavy (non-hydrogen) atoms. The molecule has 1 aromatic carbocycles. The summed E-state index contributed by atoms with van der Waals surface area (Å²) < 4.78 is 41.1. The molecule has 0 amide bonds. The van der Waals surface area contributed by atoms with E-state index in [9.17, 15) is 18.0 Å². The monoisotopic (exact) mass is 324 g/mol.